The lowest BCUT2D eigenvalue weighted by molar-refractivity contribution is -0.149. The maximum absolute atomic E-state index is 12.5. The van der Waals surface area contributed by atoms with Gasteiger partial charge in [-0.25, -0.2) is 4.79 Å². The van der Waals surface area contributed by atoms with Crippen molar-refractivity contribution in [2.75, 3.05) is 13.2 Å². The molecule has 6 N–H and O–H groups in total. The van der Waals surface area contributed by atoms with Crippen LogP contribution in [0.4, 0.5) is 0 Å². The molecule has 0 amide bonds. The number of nitrogens with one attached hydrogen (secondary N) is 2. The van der Waals surface area contributed by atoms with Gasteiger partial charge < -0.3 is 29.9 Å². The summed E-state index contributed by atoms with van der Waals surface area (Å²) in [6, 6.07) is 5.02. The Hall–Kier alpha value is -2.66. The van der Waals surface area contributed by atoms with Crippen LogP contribution in [-0.2, 0) is 9.53 Å². The summed E-state index contributed by atoms with van der Waals surface area (Å²) >= 11 is 0. The van der Waals surface area contributed by atoms with E-state index in [0.717, 1.165) is 0 Å². The van der Waals surface area contributed by atoms with E-state index in [2.05, 4.69) is 10.3 Å². The number of H-pyrrole nitrogens is 1. The molecular formula is C19H24N2O8. The van der Waals surface area contributed by atoms with E-state index in [1.54, 1.807) is 18.2 Å². The van der Waals surface area contributed by atoms with Crippen molar-refractivity contribution < 1.29 is 34.7 Å². The zero-order valence-electron chi connectivity index (χ0n) is 15.8. The number of rotatable bonds is 7. The van der Waals surface area contributed by atoms with Crippen molar-refractivity contribution in [2.24, 2.45) is 0 Å². The number of aromatic amines is 1. The van der Waals surface area contributed by atoms with E-state index in [0.29, 0.717) is 29.2 Å². The number of fused-ring (bicyclic) bond motifs is 1. The van der Waals surface area contributed by atoms with Gasteiger partial charge >= 0.3 is 5.97 Å². The van der Waals surface area contributed by atoms with Crippen LogP contribution in [0.15, 0.2) is 23.0 Å². The van der Waals surface area contributed by atoms with Crippen molar-refractivity contribution in [2.45, 2.75) is 44.2 Å². The van der Waals surface area contributed by atoms with E-state index in [-0.39, 0.29) is 24.8 Å². The number of aromatic nitrogens is 1. The molecule has 1 aliphatic rings. The molecule has 2 aromatic rings. The van der Waals surface area contributed by atoms with Crippen molar-refractivity contribution in [1.82, 2.24) is 10.3 Å². The van der Waals surface area contributed by atoms with Gasteiger partial charge in [0, 0.05) is 16.7 Å². The molecule has 0 saturated carbocycles. The van der Waals surface area contributed by atoms with Crippen LogP contribution < -0.4 is 15.6 Å². The molecule has 3 rings (SSSR count). The van der Waals surface area contributed by atoms with Crippen molar-refractivity contribution in [1.29, 1.82) is 0 Å². The summed E-state index contributed by atoms with van der Waals surface area (Å²) in [5.41, 5.74) is -0.0716. The van der Waals surface area contributed by atoms with Gasteiger partial charge in [0.2, 0.25) is 0 Å². The van der Waals surface area contributed by atoms with Gasteiger partial charge in [-0.1, -0.05) is 12.1 Å². The molecule has 0 radical (unpaired) electrons. The van der Waals surface area contributed by atoms with Crippen molar-refractivity contribution in [3.63, 3.8) is 0 Å². The lowest BCUT2D eigenvalue weighted by atomic mass is 9.86. The molecule has 1 aliphatic heterocycles. The summed E-state index contributed by atoms with van der Waals surface area (Å²) in [7, 11) is 0. The number of carbonyl (C=O) groups is 1. The zero-order valence-corrected chi connectivity index (χ0v) is 15.8. The molecule has 0 spiro atoms. The van der Waals surface area contributed by atoms with Gasteiger partial charge in [0.15, 0.2) is 17.7 Å². The highest BCUT2D eigenvalue weighted by Crippen LogP contribution is 2.38. The summed E-state index contributed by atoms with van der Waals surface area (Å²) in [5.74, 6) is -1.93. The number of hydrogen-bond acceptors (Lipinski definition) is 8. The van der Waals surface area contributed by atoms with E-state index in [9.17, 15) is 24.9 Å². The highest BCUT2D eigenvalue weighted by atomic mass is 16.5. The maximum atomic E-state index is 12.5. The lowest BCUT2D eigenvalue weighted by Crippen LogP contribution is -2.46. The molecule has 4 atom stereocenters. The van der Waals surface area contributed by atoms with Gasteiger partial charge in [-0.05, 0) is 31.4 Å². The minimum Gasteiger partial charge on any atom is -0.494 e. The highest BCUT2D eigenvalue weighted by molar-refractivity contribution is 5.94. The molecule has 2 heterocycles. The quantitative estimate of drug-likeness (QED) is 0.352. The van der Waals surface area contributed by atoms with Gasteiger partial charge in [0.1, 0.15) is 19.1 Å². The number of aliphatic hydroxyl groups is 2. The van der Waals surface area contributed by atoms with Crippen LogP contribution in [0.1, 0.15) is 31.2 Å². The average Bonchev–Trinajstić information content (AvgIpc) is 2.66. The Kier molecular flexibility index (Phi) is 6.38. The normalized spacial score (nSPS) is 23.1. The largest absolute Gasteiger partial charge is 0.494 e. The van der Waals surface area contributed by atoms with Gasteiger partial charge in [0.05, 0.1) is 6.61 Å². The topological polar surface area (TPSA) is 161 Å². The molecule has 1 fully saturated rings. The smallest absolute Gasteiger partial charge is 0.332 e. The molecule has 1 aromatic carbocycles. The Morgan fingerprint density at radius 2 is 2.03 bits per heavy atom. The third kappa shape index (κ3) is 4.51. The second-order valence-corrected chi connectivity index (χ2v) is 6.91. The monoisotopic (exact) mass is 408 g/mol. The van der Waals surface area contributed by atoms with E-state index in [1.807, 2.05) is 0 Å². The molecule has 4 unspecified atom stereocenters. The third-order valence-corrected chi connectivity index (χ3v) is 4.96. The first-order valence-corrected chi connectivity index (χ1v) is 9.26. The Morgan fingerprint density at radius 1 is 1.28 bits per heavy atom. The molecule has 0 bridgehead atoms. The molecule has 1 aromatic heterocycles. The SMILES string of the molecule is CC(OCCOc1c(=O)[nH]c(O)c2cccc(C3CCC(O)NC3O)c12)C(=O)O. The molecule has 158 valence electrons. The maximum Gasteiger partial charge on any atom is 0.332 e. The summed E-state index contributed by atoms with van der Waals surface area (Å²) in [5, 5.41) is 42.4. The Balaban J connectivity index is 1.94. The minimum absolute atomic E-state index is 0.0571. The number of pyridine rings is 1. The number of carboxylic acid groups (broad SMARTS) is 1. The number of hydrogen-bond donors (Lipinski definition) is 6. The predicted octanol–water partition coefficient (Wildman–Crippen LogP) is 0.206. The first-order chi connectivity index (χ1) is 13.8. The number of piperidine rings is 1. The van der Waals surface area contributed by atoms with Gasteiger partial charge in [-0.3, -0.25) is 15.1 Å². The van der Waals surface area contributed by atoms with Crippen LogP contribution in [0.2, 0.25) is 0 Å². The van der Waals surface area contributed by atoms with Crippen LogP contribution in [0.3, 0.4) is 0 Å². The fourth-order valence-corrected chi connectivity index (χ4v) is 3.47. The Morgan fingerprint density at radius 3 is 2.72 bits per heavy atom. The minimum atomic E-state index is -1.11. The van der Waals surface area contributed by atoms with Crippen LogP contribution in [0.25, 0.3) is 10.8 Å². The molecule has 10 nitrogen and oxygen atoms in total. The van der Waals surface area contributed by atoms with Crippen LogP contribution in [-0.4, -0.2) is 63.2 Å². The van der Waals surface area contributed by atoms with Crippen LogP contribution >= 0.6 is 0 Å². The van der Waals surface area contributed by atoms with Crippen LogP contribution in [0, 0.1) is 0 Å². The lowest BCUT2D eigenvalue weighted by Gasteiger charge is -2.33. The number of carboxylic acids is 1. The van der Waals surface area contributed by atoms with Gasteiger partial charge in [-0.2, -0.15) is 0 Å². The summed E-state index contributed by atoms with van der Waals surface area (Å²) in [6.45, 7) is 1.24. The Bertz CT molecular complexity index is 944. The van der Waals surface area contributed by atoms with E-state index in [4.69, 9.17) is 14.6 Å². The summed E-state index contributed by atoms with van der Waals surface area (Å²) in [4.78, 5) is 25.6. The zero-order chi connectivity index (χ0) is 21.1. The second-order valence-electron chi connectivity index (χ2n) is 6.91. The number of benzene rings is 1. The predicted molar refractivity (Wildman–Crippen MR) is 102 cm³/mol. The van der Waals surface area contributed by atoms with Gasteiger partial charge in [-0.15, -0.1) is 0 Å². The number of aliphatic carboxylic acids is 1. The number of aromatic hydroxyl groups is 1. The number of ether oxygens (including phenoxy) is 2. The molecular weight excluding hydrogens is 384 g/mol. The van der Waals surface area contributed by atoms with E-state index < -0.39 is 36.0 Å². The van der Waals surface area contributed by atoms with E-state index in [1.165, 1.54) is 6.92 Å². The molecule has 1 saturated heterocycles. The third-order valence-electron chi connectivity index (χ3n) is 4.96. The second kappa shape index (κ2) is 8.78. The fourth-order valence-electron chi connectivity index (χ4n) is 3.47. The standard InChI is InChI=1S/C19H24N2O8/c1-9(19(26)27)28-7-8-29-15-14-10(11-5-6-13(22)20-16(11)23)3-2-4-12(14)17(24)21-18(15)25/h2-4,9,11,13,16,20,22-23H,5-8H2,1H3,(H,26,27)(H2,21,24,25). The fraction of sp³-hybridized carbons (Fsp3) is 0.474. The first-order valence-electron chi connectivity index (χ1n) is 9.26. The number of aliphatic hydroxyl groups excluding tert-OH is 2. The average molecular weight is 408 g/mol. The van der Waals surface area contributed by atoms with Crippen molar-refractivity contribution >= 4 is 16.7 Å². The van der Waals surface area contributed by atoms with Crippen molar-refractivity contribution in [3.05, 3.63) is 34.1 Å². The van der Waals surface area contributed by atoms with Crippen LogP contribution in [0.5, 0.6) is 11.6 Å². The van der Waals surface area contributed by atoms with Gasteiger partial charge in [0.25, 0.3) is 5.56 Å². The van der Waals surface area contributed by atoms with Crippen molar-refractivity contribution in [3.8, 4) is 11.6 Å². The highest BCUT2D eigenvalue weighted by Gasteiger charge is 2.31. The first kappa shape index (κ1) is 21.1. The molecule has 10 heteroatoms. The van der Waals surface area contributed by atoms with E-state index >= 15 is 0 Å². The molecule has 29 heavy (non-hydrogen) atoms. The molecule has 0 aliphatic carbocycles. The summed E-state index contributed by atoms with van der Waals surface area (Å²) in [6.07, 6.45) is -2.01. The summed E-state index contributed by atoms with van der Waals surface area (Å²) < 4.78 is 10.7. The Labute approximate surface area is 165 Å².